The van der Waals surface area contributed by atoms with Gasteiger partial charge in [-0.3, -0.25) is 4.79 Å². The van der Waals surface area contributed by atoms with Crippen LogP contribution in [0.25, 0.3) is 0 Å². The second-order valence-corrected chi connectivity index (χ2v) is 3.83. The van der Waals surface area contributed by atoms with Crippen molar-refractivity contribution in [3.63, 3.8) is 0 Å². The molecule has 2 nitrogen and oxygen atoms in total. The summed E-state index contributed by atoms with van der Waals surface area (Å²) < 4.78 is 26.6. The van der Waals surface area contributed by atoms with E-state index in [1.54, 1.807) is 0 Å². The summed E-state index contributed by atoms with van der Waals surface area (Å²) in [5.74, 6) is -5.39. The fraction of sp³-hybridized carbons (Fsp3) is 0.125. The maximum Gasteiger partial charge on any atom is 0.349 e. The van der Waals surface area contributed by atoms with Gasteiger partial charge in [-0.2, -0.15) is 8.78 Å². The van der Waals surface area contributed by atoms with Crippen LogP contribution in [0.4, 0.5) is 8.78 Å². The van der Waals surface area contributed by atoms with Crippen molar-refractivity contribution in [3.8, 4) is 0 Å². The van der Waals surface area contributed by atoms with Gasteiger partial charge in [0.05, 0.1) is 5.02 Å². The van der Waals surface area contributed by atoms with Crippen LogP contribution in [0.5, 0.6) is 0 Å². The highest BCUT2D eigenvalue weighted by atomic mass is 79.9. The van der Waals surface area contributed by atoms with Gasteiger partial charge in [0.15, 0.2) is 0 Å². The van der Waals surface area contributed by atoms with Crippen LogP contribution < -0.4 is 5.73 Å². The molecule has 0 heterocycles. The summed E-state index contributed by atoms with van der Waals surface area (Å²) in [5.41, 5.74) is 4.03. The molecule has 6 heteroatoms. The van der Waals surface area contributed by atoms with Crippen LogP contribution in [0, 0.1) is 0 Å². The average molecular weight is 284 g/mol. The second-order valence-electron chi connectivity index (χ2n) is 2.57. The molecule has 0 atom stereocenters. The number of amides is 1. The molecule has 0 fully saturated rings. The Labute approximate surface area is 92.2 Å². The predicted octanol–water partition coefficient (Wildman–Crippen LogP) is 2.68. The lowest BCUT2D eigenvalue weighted by Gasteiger charge is -2.12. The number of alkyl halides is 2. The largest absolute Gasteiger partial charge is 0.364 e. The molecule has 0 radical (unpaired) electrons. The molecule has 0 spiro atoms. The minimum atomic E-state index is -3.69. The number of hydrogen-bond donors (Lipinski definition) is 1. The van der Waals surface area contributed by atoms with E-state index >= 15 is 0 Å². The van der Waals surface area contributed by atoms with E-state index in [4.69, 9.17) is 11.6 Å². The normalized spacial score (nSPS) is 11.4. The number of primary amides is 1. The van der Waals surface area contributed by atoms with Gasteiger partial charge < -0.3 is 5.73 Å². The molecule has 1 aromatic carbocycles. The van der Waals surface area contributed by atoms with E-state index in [0.717, 1.165) is 12.1 Å². The molecule has 0 aromatic heterocycles. The Hall–Kier alpha value is -0.680. The van der Waals surface area contributed by atoms with Crippen molar-refractivity contribution in [3.05, 3.63) is 33.3 Å². The Morgan fingerprint density at radius 2 is 2.07 bits per heavy atom. The summed E-state index contributed by atoms with van der Waals surface area (Å²) in [6, 6.07) is 3.41. The Bertz CT molecular complexity index is 384. The summed E-state index contributed by atoms with van der Waals surface area (Å²) in [6.45, 7) is 0. The first-order valence-corrected chi connectivity index (χ1v) is 4.66. The summed E-state index contributed by atoms with van der Waals surface area (Å²) in [5, 5.41) is 0.100. The summed E-state index contributed by atoms with van der Waals surface area (Å²) in [6.07, 6.45) is 0. The molecule has 0 aliphatic heterocycles. The van der Waals surface area contributed by atoms with E-state index < -0.39 is 17.4 Å². The van der Waals surface area contributed by atoms with Crippen LogP contribution in [-0.2, 0) is 10.7 Å². The quantitative estimate of drug-likeness (QED) is 0.891. The van der Waals surface area contributed by atoms with Crippen LogP contribution in [0.15, 0.2) is 22.7 Å². The van der Waals surface area contributed by atoms with Gasteiger partial charge in [0.2, 0.25) is 0 Å². The highest BCUT2D eigenvalue weighted by Crippen LogP contribution is 2.32. The van der Waals surface area contributed by atoms with E-state index in [0.29, 0.717) is 4.47 Å². The van der Waals surface area contributed by atoms with Gasteiger partial charge >= 0.3 is 5.92 Å². The molecule has 1 rings (SSSR count). The molecule has 14 heavy (non-hydrogen) atoms. The third kappa shape index (κ3) is 2.04. The maximum absolute atomic E-state index is 13.0. The average Bonchev–Trinajstić information content (AvgIpc) is 2.09. The van der Waals surface area contributed by atoms with E-state index in [9.17, 15) is 13.6 Å². The van der Waals surface area contributed by atoms with Crippen LogP contribution in [-0.4, -0.2) is 5.91 Å². The van der Waals surface area contributed by atoms with Crippen molar-refractivity contribution in [2.24, 2.45) is 5.73 Å². The summed E-state index contributed by atoms with van der Waals surface area (Å²) in [4.78, 5) is 10.4. The van der Waals surface area contributed by atoms with Crippen LogP contribution in [0.2, 0.25) is 5.02 Å². The highest BCUT2D eigenvalue weighted by Gasteiger charge is 2.38. The SMILES string of the molecule is NC(=O)C(F)(F)c1ccc(Br)c(Cl)c1. The molecule has 2 N–H and O–H groups in total. The highest BCUT2D eigenvalue weighted by molar-refractivity contribution is 9.10. The molecular formula is C8H5BrClF2NO. The van der Waals surface area contributed by atoms with Gasteiger partial charge in [0.25, 0.3) is 5.91 Å². The number of benzene rings is 1. The zero-order valence-corrected chi connectivity index (χ0v) is 9.07. The Kier molecular flexibility index (Phi) is 3.11. The zero-order chi connectivity index (χ0) is 10.9. The van der Waals surface area contributed by atoms with Crippen molar-refractivity contribution in [2.45, 2.75) is 5.92 Å². The molecule has 1 aromatic rings. The van der Waals surface area contributed by atoms with Gasteiger partial charge in [-0.25, -0.2) is 0 Å². The minimum Gasteiger partial charge on any atom is -0.364 e. The molecule has 1 amide bonds. The molecule has 0 saturated heterocycles. The molecule has 76 valence electrons. The monoisotopic (exact) mass is 283 g/mol. The topological polar surface area (TPSA) is 43.1 Å². The standard InChI is InChI=1S/C8H5BrClF2NO/c9-5-2-1-4(3-6(5)10)8(11,12)7(13)14/h1-3H,(H2,13,14). The second kappa shape index (κ2) is 3.82. The van der Waals surface area contributed by atoms with Gasteiger partial charge in [0.1, 0.15) is 0 Å². The van der Waals surface area contributed by atoms with Gasteiger partial charge in [-0.05, 0) is 28.1 Å². The molecule has 0 aliphatic carbocycles. The minimum absolute atomic E-state index is 0.100. The lowest BCUT2D eigenvalue weighted by molar-refractivity contribution is -0.143. The maximum atomic E-state index is 13.0. The number of carbonyl (C=O) groups is 1. The number of nitrogens with two attached hydrogens (primary N) is 1. The molecule has 0 unspecified atom stereocenters. The van der Waals surface area contributed by atoms with Gasteiger partial charge in [-0.15, -0.1) is 0 Å². The third-order valence-corrected chi connectivity index (χ3v) is 2.82. The van der Waals surface area contributed by atoms with Gasteiger partial charge in [0, 0.05) is 10.0 Å². The first-order valence-electron chi connectivity index (χ1n) is 3.49. The van der Waals surface area contributed by atoms with Gasteiger partial charge in [-0.1, -0.05) is 17.7 Å². The van der Waals surface area contributed by atoms with Crippen molar-refractivity contribution >= 4 is 33.4 Å². The van der Waals surface area contributed by atoms with E-state index in [-0.39, 0.29) is 5.02 Å². The van der Waals surface area contributed by atoms with E-state index in [1.165, 1.54) is 6.07 Å². The molecular weight excluding hydrogens is 279 g/mol. The lowest BCUT2D eigenvalue weighted by atomic mass is 10.1. The smallest absolute Gasteiger partial charge is 0.349 e. The third-order valence-electron chi connectivity index (χ3n) is 1.59. The number of halogens is 4. The van der Waals surface area contributed by atoms with E-state index in [1.807, 2.05) is 0 Å². The Morgan fingerprint density at radius 3 is 2.50 bits per heavy atom. The molecule has 0 aliphatic rings. The molecule has 0 bridgehead atoms. The summed E-state index contributed by atoms with van der Waals surface area (Å²) in [7, 11) is 0. The predicted molar refractivity (Wildman–Crippen MR) is 52.2 cm³/mol. The first-order chi connectivity index (χ1) is 6.35. The van der Waals surface area contributed by atoms with Crippen molar-refractivity contribution in [2.75, 3.05) is 0 Å². The zero-order valence-electron chi connectivity index (χ0n) is 6.73. The van der Waals surface area contributed by atoms with Crippen molar-refractivity contribution in [1.29, 1.82) is 0 Å². The van der Waals surface area contributed by atoms with E-state index in [2.05, 4.69) is 21.7 Å². The Morgan fingerprint density at radius 1 is 1.50 bits per heavy atom. The fourth-order valence-electron chi connectivity index (χ4n) is 0.834. The number of hydrogen-bond acceptors (Lipinski definition) is 1. The lowest BCUT2D eigenvalue weighted by Crippen LogP contribution is -2.32. The van der Waals surface area contributed by atoms with Crippen molar-refractivity contribution in [1.82, 2.24) is 0 Å². The number of carbonyl (C=O) groups excluding carboxylic acids is 1. The fourth-order valence-corrected chi connectivity index (χ4v) is 1.26. The molecule has 0 saturated carbocycles. The Balaban J connectivity index is 3.21. The van der Waals surface area contributed by atoms with Crippen molar-refractivity contribution < 1.29 is 13.6 Å². The van der Waals surface area contributed by atoms with Crippen LogP contribution >= 0.6 is 27.5 Å². The first kappa shape index (κ1) is 11.4. The summed E-state index contributed by atoms with van der Waals surface area (Å²) >= 11 is 8.63. The van der Waals surface area contributed by atoms with Crippen LogP contribution in [0.3, 0.4) is 0 Å². The number of rotatable bonds is 2. The van der Waals surface area contributed by atoms with Crippen LogP contribution in [0.1, 0.15) is 5.56 Å².